The molecule has 28 heavy (non-hydrogen) atoms. The number of likely N-dealkylation sites (N-methyl/N-ethyl adjacent to an activating group) is 1. The molecule has 168 valence electrons. The summed E-state index contributed by atoms with van der Waals surface area (Å²) in [6.45, 7) is 8.95. The summed E-state index contributed by atoms with van der Waals surface area (Å²) >= 11 is 0. The van der Waals surface area contributed by atoms with Gasteiger partial charge in [0.1, 0.15) is 0 Å². The van der Waals surface area contributed by atoms with Crippen molar-refractivity contribution in [3.8, 4) is 0 Å². The fourth-order valence-corrected chi connectivity index (χ4v) is 4.96. The molecule has 0 amide bonds. The topological polar surface area (TPSA) is 53.3 Å². The van der Waals surface area contributed by atoms with Gasteiger partial charge in [0.25, 0.3) is 0 Å². The highest BCUT2D eigenvalue weighted by atomic mass is 15.1. The fraction of sp³-hybridized carbons (Fsp3) is 1.00. The quantitative estimate of drug-likeness (QED) is 0.489. The summed E-state index contributed by atoms with van der Waals surface area (Å²) in [6, 6.07) is 0. The highest BCUT2D eigenvalue weighted by Gasteiger charge is 2.18. The van der Waals surface area contributed by atoms with Crippen LogP contribution in [-0.4, -0.2) is 58.3 Å². The number of nitrogens with zero attached hydrogens (tertiary/aromatic N) is 1. The van der Waals surface area contributed by atoms with E-state index in [2.05, 4.69) is 29.5 Å². The Bertz CT molecular complexity index is 337. The zero-order valence-electron chi connectivity index (χ0n) is 19.5. The van der Waals surface area contributed by atoms with Crippen LogP contribution in [0.15, 0.2) is 0 Å². The van der Waals surface area contributed by atoms with E-state index < -0.39 is 0 Å². The predicted molar refractivity (Wildman–Crippen MR) is 125 cm³/mol. The van der Waals surface area contributed by atoms with Crippen molar-refractivity contribution < 1.29 is 0 Å². The van der Waals surface area contributed by atoms with E-state index in [4.69, 9.17) is 5.73 Å². The van der Waals surface area contributed by atoms with Crippen LogP contribution in [0, 0.1) is 17.8 Å². The molecule has 0 spiro atoms. The van der Waals surface area contributed by atoms with E-state index in [0.717, 1.165) is 43.9 Å². The van der Waals surface area contributed by atoms with Crippen LogP contribution in [0.2, 0.25) is 0 Å². The van der Waals surface area contributed by atoms with Crippen LogP contribution in [0.3, 0.4) is 0 Å². The van der Waals surface area contributed by atoms with Crippen molar-refractivity contribution in [2.24, 2.45) is 23.5 Å². The largest absolute Gasteiger partial charge is 0.329 e. The van der Waals surface area contributed by atoms with Gasteiger partial charge in [0.2, 0.25) is 0 Å². The van der Waals surface area contributed by atoms with Crippen LogP contribution >= 0.6 is 0 Å². The average Bonchev–Trinajstić information content (AvgIpc) is 2.71. The van der Waals surface area contributed by atoms with Crippen LogP contribution < -0.4 is 16.4 Å². The Labute approximate surface area is 176 Å². The van der Waals surface area contributed by atoms with Crippen molar-refractivity contribution in [3.63, 3.8) is 0 Å². The Balaban J connectivity index is 2.45. The smallest absolute Gasteiger partial charge is 0.0107 e. The molecular weight excluding hydrogens is 344 g/mol. The number of rotatable bonds is 11. The van der Waals surface area contributed by atoms with E-state index in [-0.39, 0.29) is 0 Å². The van der Waals surface area contributed by atoms with Crippen LogP contribution in [0.5, 0.6) is 0 Å². The van der Waals surface area contributed by atoms with E-state index in [1.165, 1.54) is 90.1 Å². The Morgan fingerprint density at radius 3 is 2.07 bits per heavy atom. The van der Waals surface area contributed by atoms with Crippen LogP contribution in [0.1, 0.15) is 84.0 Å². The average molecular weight is 397 g/mol. The summed E-state index contributed by atoms with van der Waals surface area (Å²) < 4.78 is 0. The third kappa shape index (κ3) is 12.4. The molecule has 1 saturated carbocycles. The van der Waals surface area contributed by atoms with Crippen LogP contribution in [-0.2, 0) is 0 Å². The summed E-state index contributed by atoms with van der Waals surface area (Å²) in [7, 11) is 4.14. The summed E-state index contributed by atoms with van der Waals surface area (Å²) in [5, 5.41) is 6.65. The first kappa shape index (κ1) is 25.9. The van der Waals surface area contributed by atoms with E-state index in [9.17, 15) is 0 Å². The molecule has 0 bridgehead atoms. The monoisotopic (exact) mass is 396 g/mol. The van der Waals surface area contributed by atoms with Crippen LogP contribution in [0.4, 0.5) is 0 Å². The lowest BCUT2D eigenvalue weighted by Crippen LogP contribution is -2.36. The van der Waals surface area contributed by atoms with Crippen molar-refractivity contribution in [1.82, 2.24) is 15.5 Å². The number of nitrogens with two attached hydrogens (primary N) is 1. The summed E-state index contributed by atoms with van der Waals surface area (Å²) in [5.41, 5.74) is 5.83. The molecule has 0 saturated heterocycles. The van der Waals surface area contributed by atoms with Gasteiger partial charge < -0.3 is 21.3 Å². The molecule has 0 aromatic rings. The molecule has 0 aliphatic heterocycles. The molecule has 3 unspecified atom stereocenters. The van der Waals surface area contributed by atoms with Gasteiger partial charge in [-0.2, -0.15) is 0 Å². The third-order valence-electron chi connectivity index (χ3n) is 7.01. The maximum absolute atomic E-state index is 5.83. The first-order chi connectivity index (χ1) is 13.7. The van der Waals surface area contributed by atoms with E-state index in [1.54, 1.807) is 0 Å². The first-order valence-corrected chi connectivity index (χ1v) is 12.4. The first-order valence-electron chi connectivity index (χ1n) is 12.4. The van der Waals surface area contributed by atoms with Gasteiger partial charge in [0, 0.05) is 26.2 Å². The van der Waals surface area contributed by atoms with Crippen LogP contribution in [0.25, 0.3) is 0 Å². The molecular formula is C24H52N4. The lowest BCUT2D eigenvalue weighted by Gasteiger charge is -2.25. The minimum absolute atomic E-state index is 0.779. The van der Waals surface area contributed by atoms with Gasteiger partial charge >= 0.3 is 0 Å². The van der Waals surface area contributed by atoms with Gasteiger partial charge in [0.05, 0.1) is 0 Å². The van der Waals surface area contributed by atoms with Crippen molar-refractivity contribution in [1.29, 1.82) is 0 Å². The molecule has 1 aliphatic rings. The maximum atomic E-state index is 5.83. The summed E-state index contributed by atoms with van der Waals surface area (Å²) in [4.78, 5) is 2.56. The SMILES string of the molecule is CNCCC1CCCCCCC(CCN(CCN)CCNC)CCCCC1C. The van der Waals surface area contributed by atoms with Gasteiger partial charge in [-0.1, -0.05) is 71.1 Å². The van der Waals surface area contributed by atoms with E-state index in [0.29, 0.717) is 0 Å². The molecule has 0 aromatic heterocycles. The van der Waals surface area contributed by atoms with Crippen molar-refractivity contribution in [2.45, 2.75) is 84.0 Å². The van der Waals surface area contributed by atoms with E-state index >= 15 is 0 Å². The fourth-order valence-electron chi connectivity index (χ4n) is 4.96. The molecule has 4 nitrogen and oxygen atoms in total. The molecule has 1 aliphatic carbocycles. The zero-order valence-corrected chi connectivity index (χ0v) is 19.5. The molecule has 1 rings (SSSR count). The van der Waals surface area contributed by atoms with Crippen molar-refractivity contribution >= 4 is 0 Å². The second kappa shape index (κ2) is 17.7. The molecule has 0 aromatic carbocycles. The molecule has 0 radical (unpaired) electrons. The Morgan fingerprint density at radius 1 is 0.750 bits per heavy atom. The number of hydrogen-bond donors (Lipinski definition) is 3. The van der Waals surface area contributed by atoms with Crippen molar-refractivity contribution in [3.05, 3.63) is 0 Å². The van der Waals surface area contributed by atoms with Gasteiger partial charge in [-0.25, -0.2) is 0 Å². The standard InChI is InChI=1S/C24H52N4/c1-22-10-8-9-12-23(15-19-28(20-16-25)21-18-27-3)11-6-4-5-7-13-24(22)14-17-26-2/h22-24,26-27H,4-21,25H2,1-3H3. The van der Waals surface area contributed by atoms with Gasteiger partial charge in [-0.3, -0.25) is 0 Å². The van der Waals surface area contributed by atoms with Gasteiger partial charge in [-0.15, -0.1) is 0 Å². The van der Waals surface area contributed by atoms with Gasteiger partial charge in [-0.05, 0) is 57.8 Å². The lowest BCUT2D eigenvalue weighted by molar-refractivity contribution is 0.245. The maximum Gasteiger partial charge on any atom is 0.0107 e. The predicted octanol–water partition coefficient (Wildman–Crippen LogP) is 4.25. The minimum Gasteiger partial charge on any atom is -0.329 e. The molecule has 1 fully saturated rings. The number of hydrogen-bond acceptors (Lipinski definition) is 4. The Kier molecular flexibility index (Phi) is 16.3. The highest BCUT2D eigenvalue weighted by Crippen LogP contribution is 2.29. The van der Waals surface area contributed by atoms with Crippen molar-refractivity contribution in [2.75, 3.05) is 53.4 Å². The second-order valence-corrected chi connectivity index (χ2v) is 9.29. The van der Waals surface area contributed by atoms with E-state index in [1.807, 2.05) is 7.05 Å². The lowest BCUT2D eigenvalue weighted by atomic mass is 9.83. The Morgan fingerprint density at radius 2 is 1.39 bits per heavy atom. The second-order valence-electron chi connectivity index (χ2n) is 9.29. The molecule has 4 N–H and O–H groups in total. The molecule has 0 heterocycles. The molecule has 4 heteroatoms. The molecule has 3 atom stereocenters. The zero-order chi connectivity index (χ0) is 20.5. The number of nitrogens with one attached hydrogen (secondary N) is 2. The Hall–Kier alpha value is -0.160. The third-order valence-corrected chi connectivity index (χ3v) is 7.01. The highest BCUT2D eigenvalue weighted by molar-refractivity contribution is 4.71. The summed E-state index contributed by atoms with van der Waals surface area (Å²) in [5.74, 6) is 2.75. The summed E-state index contributed by atoms with van der Waals surface area (Å²) in [6.07, 6.45) is 17.1. The minimum atomic E-state index is 0.779. The normalized spacial score (nSPS) is 25.8. The van der Waals surface area contributed by atoms with Gasteiger partial charge in [0.15, 0.2) is 0 Å².